The minimum atomic E-state index is -0.266. The summed E-state index contributed by atoms with van der Waals surface area (Å²) < 4.78 is 5.59. The first-order valence-corrected chi connectivity index (χ1v) is 11.3. The third-order valence-corrected chi connectivity index (χ3v) is 6.35. The second-order valence-corrected chi connectivity index (χ2v) is 8.76. The minimum absolute atomic E-state index is 0.0523. The lowest BCUT2D eigenvalue weighted by Gasteiger charge is -2.24. The van der Waals surface area contributed by atoms with E-state index in [-0.39, 0.29) is 23.8 Å². The van der Waals surface area contributed by atoms with Gasteiger partial charge in [0.15, 0.2) is 6.61 Å². The average molecular weight is 473 g/mol. The second-order valence-electron chi connectivity index (χ2n) is 6.82. The van der Waals surface area contributed by atoms with Crippen molar-refractivity contribution in [1.29, 1.82) is 0 Å². The number of carbonyl (C=O) groups excluding carboxylic acids is 2. The molecule has 1 saturated heterocycles. The zero-order valence-electron chi connectivity index (χ0n) is 16.3. The van der Waals surface area contributed by atoms with Crippen LogP contribution in [0, 0.1) is 0 Å². The zero-order chi connectivity index (χ0) is 21.8. The number of benzene rings is 3. The molecule has 0 aliphatic carbocycles. The number of hydrogen-bond donors (Lipinski definition) is 1. The summed E-state index contributed by atoms with van der Waals surface area (Å²) in [7, 11) is 0. The number of ether oxygens (including phenoxy) is 1. The van der Waals surface area contributed by atoms with Gasteiger partial charge in [-0.1, -0.05) is 35.3 Å². The van der Waals surface area contributed by atoms with E-state index in [4.69, 9.17) is 27.9 Å². The molecule has 0 bridgehead atoms. The molecule has 31 heavy (non-hydrogen) atoms. The average Bonchev–Trinajstić information content (AvgIpc) is 3.16. The zero-order valence-corrected chi connectivity index (χ0v) is 18.6. The minimum Gasteiger partial charge on any atom is -0.484 e. The lowest BCUT2D eigenvalue weighted by molar-refractivity contribution is -0.118. The number of nitrogens with zero attached hydrogens (tertiary/aromatic N) is 1. The van der Waals surface area contributed by atoms with Crippen LogP contribution < -0.4 is 15.0 Å². The standard InChI is InChI=1S/C23H18Cl2N2O3S/c24-16-3-7-18(8-4-16)26-21(28)13-30-20-11-1-15(2-12-20)23-27(22(29)14-31-23)19-9-5-17(25)6-10-19/h1-12,23H,13-14H2,(H,26,28)/t23-/m0/s1. The number of rotatable bonds is 6. The van der Waals surface area contributed by atoms with Crippen molar-refractivity contribution < 1.29 is 14.3 Å². The van der Waals surface area contributed by atoms with Gasteiger partial charge in [0.1, 0.15) is 11.1 Å². The van der Waals surface area contributed by atoms with Crippen molar-refractivity contribution in [3.63, 3.8) is 0 Å². The number of halogens is 2. The first kappa shape index (κ1) is 21.6. The molecule has 1 aliphatic heterocycles. The van der Waals surface area contributed by atoms with E-state index in [2.05, 4.69) is 5.32 Å². The van der Waals surface area contributed by atoms with Crippen molar-refractivity contribution >= 4 is 58.2 Å². The van der Waals surface area contributed by atoms with Gasteiger partial charge in [0.2, 0.25) is 5.91 Å². The molecule has 1 heterocycles. The van der Waals surface area contributed by atoms with Gasteiger partial charge in [-0.3, -0.25) is 14.5 Å². The van der Waals surface area contributed by atoms with Gasteiger partial charge in [0.25, 0.3) is 5.91 Å². The van der Waals surface area contributed by atoms with Crippen LogP contribution in [0.5, 0.6) is 5.75 Å². The molecule has 1 fully saturated rings. The van der Waals surface area contributed by atoms with Crippen molar-refractivity contribution in [3.8, 4) is 5.75 Å². The molecule has 158 valence electrons. The fourth-order valence-electron chi connectivity index (χ4n) is 3.16. The highest BCUT2D eigenvalue weighted by Crippen LogP contribution is 2.42. The molecule has 8 heteroatoms. The normalized spacial score (nSPS) is 15.7. The fraction of sp³-hybridized carbons (Fsp3) is 0.130. The Morgan fingerprint density at radius 2 is 1.58 bits per heavy atom. The fourth-order valence-corrected chi connectivity index (χ4v) is 4.59. The molecule has 1 atom stereocenters. The summed E-state index contributed by atoms with van der Waals surface area (Å²) >= 11 is 13.4. The van der Waals surface area contributed by atoms with E-state index in [1.54, 1.807) is 65.2 Å². The predicted octanol–water partition coefficient (Wildman–Crippen LogP) is 5.79. The van der Waals surface area contributed by atoms with E-state index < -0.39 is 0 Å². The SMILES string of the molecule is O=C(COc1ccc([C@@H]2SCC(=O)N2c2ccc(Cl)cc2)cc1)Nc1ccc(Cl)cc1. The Bertz CT molecular complexity index is 1070. The Morgan fingerprint density at radius 3 is 2.23 bits per heavy atom. The Hall–Kier alpha value is -2.67. The number of anilines is 2. The predicted molar refractivity (Wildman–Crippen MR) is 126 cm³/mol. The van der Waals surface area contributed by atoms with Gasteiger partial charge in [-0.2, -0.15) is 0 Å². The van der Waals surface area contributed by atoms with Crippen molar-refractivity contribution in [2.75, 3.05) is 22.6 Å². The molecule has 1 aliphatic rings. The van der Waals surface area contributed by atoms with E-state index in [0.717, 1.165) is 11.3 Å². The van der Waals surface area contributed by atoms with Gasteiger partial charge >= 0.3 is 0 Å². The molecule has 0 saturated carbocycles. The highest BCUT2D eigenvalue weighted by Gasteiger charge is 2.33. The lowest BCUT2D eigenvalue weighted by atomic mass is 10.2. The quantitative estimate of drug-likeness (QED) is 0.493. The summed E-state index contributed by atoms with van der Waals surface area (Å²) in [6.45, 7) is -0.116. The summed E-state index contributed by atoms with van der Waals surface area (Å²) in [5, 5.41) is 3.85. The molecule has 5 nitrogen and oxygen atoms in total. The molecule has 3 aromatic carbocycles. The molecule has 2 amide bonds. The van der Waals surface area contributed by atoms with Gasteiger partial charge < -0.3 is 10.1 Å². The van der Waals surface area contributed by atoms with Gasteiger partial charge in [0, 0.05) is 21.4 Å². The second kappa shape index (κ2) is 9.64. The monoisotopic (exact) mass is 472 g/mol. The molecule has 0 unspecified atom stereocenters. The number of nitrogens with one attached hydrogen (secondary N) is 1. The summed E-state index contributed by atoms with van der Waals surface area (Å²) in [6, 6.07) is 21.5. The van der Waals surface area contributed by atoms with Crippen LogP contribution in [0.3, 0.4) is 0 Å². The molecule has 4 rings (SSSR count). The van der Waals surface area contributed by atoms with E-state index in [1.165, 1.54) is 0 Å². The van der Waals surface area contributed by atoms with Crippen molar-refractivity contribution in [3.05, 3.63) is 88.4 Å². The first-order valence-electron chi connectivity index (χ1n) is 9.47. The Morgan fingerprint density at radius 1 is 0.968 bits per heavy atom. The summed E-state index contributed by atoms with van der Waals surface area (Å²) in [6.07, 6.45) is 0. The van der Waals surface area contributed by atoms with Crippen molar-refractivity contribution in [1.82, 2.24) is 0 Å². The van der Waals surface area contributed by atoms with E-state index in [1.807, 2.05) is 24.3 Å². The van der Waals surface area contributed by atoms with Crippen LogP contribution in [0.1, 0.15) is 10.9 Å². The molecular formula is C23H18Cl2N2O3S. The summed E-state index contributed by atoms with van der Waals surface area (Å²) in [5.74, 6) is 0.771. The third kappa shape index (κ3) is 5.34. The summed E-state index contributed by atoms with van der Waals surface area (Å²) in [4.78, 5) is 26.3. The van der Waals surface area contributed by atoms with Crippen LogP contribution in [-0.4, -0.2) is 24.2 Å². The van der Waals surface area contributed by atoms with Crippen LogP contribution in [0.2, 0.25) is 10.0 Å². The van der Waals surface area contributed by atoms with Gasteiger partial charge in [-0.05, 0) is 66.2 Å². The van der Waals surface area contributed by atoms with E-state index in [9.17, 15) is 9.59 Å². The topological polar surface area (TPSA) is 58.6 Å². The first-order chi connectivity index (χ1) is 15.0. The lowest BCUT2D eigenvalue weighted by Crippen LogP contribution is -2.27. The maximum absolute atomic E-state index is 12.5. The number of hydrogen-bond acceptors (Lipinski definition) is 4. The van der Waals surface area contributed by atoms with Gasteiger partial charge in [0.05, 0.1) is 5.75 Å². The van der Waals surface area contributed by atoms with E-state index in [0.29, 0.717) is 27.2 Å². The number of carbonyl (C=O) groups is 2. The summed E-state index contributed by atoms with van der Waals surface area (Å²) in [5.41, 5.74) is 2.44. The van der Waals surface area contributed by atoms with Crippen LogP contribution in [0.4, 0.5) is 11.4 Å². The van der Waals surface area contributed by atoms with Gasteiger partial charge in [-0.25, -0.2) is 0 Å². The van der Waals surface area contributed by atoms with Crippen LogP contribution >= 0.6 is 35.0 Å². The molecule has 3 aromatic rings. The molecule has 0 aromatic heterocycles. The van der Waals surface area contributed by atoms with Crippen LogP contribution in [0.15, 0.2) is 72.8 Å². The van der Waals surface area contributed by atoms with Gasteiger partial charge in [-0.15, -0.1) is 11.8 Å². The Balaban J connectivity index is 1.38. The smallest absolute Gasteiger partial charge is 0.262 e. The third-order valence-electron chi connectivity index (χ3n) is 4.64. The maximum Gasteiger partial charge on any atom is 0.262 e. The van der Waals surface area contributed by atoms with Crippen molar-refractivity contribution in [2.45, 2.75) is 5.37 Å². The number of amides is 2. The molecule has 1 N–H and O–H groups in total. The van der Waals surface area contributed by atoms with Crippen LogP contribution in [0.25, 0.3) is 0 Å². The largest absolute Gasteiger partial charge is 0.484 e. The Kier molecular flexibility index (Phi) is 6.70. The highest BCUT2D eigenvalue weighted by atomic mass is 35.5. The van der Waals surface area contributed by atoms with Crippen molar-refractivity contribution in [2.24, 2.45) is 0 Å². The van der Waals surface area contributed by atoms with E-state index >= 15 is 0 Å². The molecule has 0 spiro atoms. The Labute approximate surface area is 194 Å². The number of thioether (sulfide) groups is 1. The van der Waals surface area contributed by atoms with Crippen LogP contribution in [-0.2, 0) is 9.59 Å². The molecular weight excluding hydrogens is 455 g/mol. The maximum atomic E-state index is 12.5. The molecule has 0 radical (unpaired) electrons. The highest BCUT2D eigenvalue weighted by molar-refractivity contribution is 8.00.